The van der Waals surface area contributed by atoms with Gasteiger partial charge in [0.25, 0.3) is 5.69 Å². The number of nitrogens with one attached hydrogen (secondary N) is 1. The molecule has 0 radical (unpaired) electrons. The molecule has 32 heavy (non-hydrogen) atoms. The highest BCUT2D eigenvalue weighted by Gasteiger charge is 2.33. The first-order valence-corrected chi connectivity index (χ1v) is 12.4. The van der Waals surface area contributed by atoms with Crippen LogP contribution in [0.5, 0.6) is 0 Å². The molecular formula is C20H29N5O6S. The summed E-state index contributed by atoms with van der Waals surface area (Å²) in [5, 5.41) is 14.8. The molecule has 0 bridgehead atoms. The molecule has 1 atom stereocenters. The van der Waals surface area contributed by atoms with E-state index < -0.39 is 14.9 Å². The fourth-order valence-electron chi connectivity index (χ4n) is 4.08. The Hall–Kier alpha value is -2.28. The lowest BCUT2D eigenvalue weighted by Gasteiger charge is -2.38. The van der Waals surface area contributed by atoms with Crippen LogP contribution in [0.4, 0.5) is 11.4 Å². The van der Waals surface area contributed by atoms with E-state index in [-0.39, 0.29) is 35.6 Å². The zero-order valence-corrected chi connectivity index (χ0v) is 18.9. The summed E-state index contributed by atoms with van der Waals surface area (Å²) in [6.07, 6.45) is 2.07. The molecule has 1 amide bonds. The number of hydrogen-bond donors (Lipinski definition) is 1. The summed E-state index contributed by atoms with van der Waals surface area (Å²) >= 11 is 0. The fraction of sp³-hybridized carbons (Fsp3) is 0.650. The lowest BCUT2D eigenvalue weighted by Crippen LogP contribution is -2.54. The lowest BCUT2D eigenvalue weighted by molar-refractivity contribution is -0.384. The zero-order valence-electron chi connectivity index (χ0n) is 18.1. The van der Waals surface area contributed by atoms with E-state index in [9.17, 15) is 23.3 Å². The highest BCUT2D eigenvalue weighted by Crippen LogP contribution is 2.33. The lowest BCUT2D eigenvalue weighted by atomic mass is 10.2. The van der Waals surface area contributed by atoms with Crippen molar-refractivity contribution >= 4 is 27.3 Å². The molecule has 1 N–H and O–H groups in total. The van der Waals surface area contributed by atoms with Crippen molar-refractivity contribution in [1.29, 1.82) is 0 Å². The monoisotopic (exact) mass is 467 g/mol. The largest absolute Gasteiger partial charge is 0.379 e. The van der Waals surface area contributed by atoms with Crippen molar-refractivity contribution in [2.24, 2.45) is 0 Å². The number of amides is 1. The Kier molecular flexibility index (Phi) is 6.65. The Labute approximate surface area is 187 Å². The van der Waals surface area contributed by atoms with Crippen molar-refractivity contribution in [2.45, 2.75) is 36.7 Å². The first-order chi connectivity index (χ1) is 15.3. The maximum atomic E-state index is 12.9. The van der Waals surface area contributed by atoms with Gasteiger partial charge in [0, 0.05) is 51.4 Å². The summed E-state index contributed by atoms with van der Waals surface area (Å²) in [6, 6.07) is 4.16. The van der Waals surface area contributed by atoms with Crippen LogP contribution in [0.15, 0.2) is 23.1 Å². The van der Waals surface area contributed by atoms with E-state index in [0.717, 1.165) is 18.9 Å². The van der Waals surface area contributed by atoms with Gasteiger partial charge in [-0.3, -0.25) is 19.8 Å². The molecule has 3 aliphatic rings. The van der Waals surface area contributed by atoms with Crippen molar-refractivity contribution in [3.63, 3.8) is 0 Å². The van der Waals surface area contributed by atoms with Gasteiger partial charge >= 0.3 is 0 Å². The van der Waals surface area contributed by atoms with Gasteiger partial charge in [-0.1, -0.05) is 0 Å². The molecule has 1 aliphatic carbocycles. The molecule has 1 saturated carbocycles. The number of carbonyl (C=O) groups excluding carboxylic acids is 1. The number of nitrogens with zero attached hydrogens (tertiary/aromatic N) is 4. The maximum absolute atomic E-state index is 12.9. The Morgan fingerprint density at radius 2 is 1.81 bits per heavy atom. The normalized spacial score (nSPS) is 21.8. The summed E-state index contributed by atoms with van der Waals surface area (Å²) in [7, 11) is -3.82. The van der Waals surface area contributed by atoms with Gasteiger partial charge in [-0.25, -0.2) is 8.42 Å². The summed E-state index contributed by atoms with van der Waals surface area (Å²) < 4.78 is 32.3. The van der Waals surface area contributed by atoms with Crippen molar-refractivity contribution in [2.75, 3.05) is 57.4 Å². The number of nitro benzene ring substituents is 1. The van der Waals surface area contributed by atoms with Crippen LogP contribution >= 0.6 is 0 Å². The molecule has 0 aromatic heterocycles. The molecule has 3 fully saturated rings. The second-order valence-corrected chi connectivity index (χ2v) is 10.3. The van der Waals surface area contributed by atoms with Crippen LogP contribution in [-0.2, 0) is 19.6 Å². The van der Waals surface area contributed by atoms with Gasteiger partial charge in [-0.15, -0.1) is 0 Å². The van der Waals surface area contributed by atoms with Gasteiger partial charge < -0.3 is 15.0 Å². The molecule has 1 aromatic rings. The standard InChI is InChI=1S/C20H29N5O6S/c1-15(20(26)21-16-2-3-16)22-6-8-23(9-7-22)18-5-4-17(14-19(18)25(27)28)32(29,30)24-10-12-31-13-11-24/h4-5,14-16H,2-3,6-13H2,1H3,(H,21,26). The van der Waals surface area contributed by atoms with Crippen molar-refractivity contribution in [3.05, 3.63) is 28.3 Å². The van der Waals surface area contributed by atoms with Crippen molar-refractivity contribution in [1.82, 2.24) is 14.5 Å². The number of ether oxygens (including phenoxy) is 1. The number of piperazine rings is 1. The van der Waals surface area contributed by atoms with E-state index in [1.165, 1.54) is 16.4 Å². The van der Waals surface area contributed by atoms with Gasteiger partial charge in [0.15, 0.2) is 0 Å². The smallest absolute Gasteiger partial charge is 0.293 e. The number of sulfonamides is 1. The van der Waals surface area contributed by atoms with Gasteiger partial charge in [-0.05, 0) is 31.9 Å². The first kappa shape index (κ1) is 22.9. The fourth-order valence-corrected chi connectivity index (χ4v) is 5.51. The van der Waals surface area contributed by atoms with Crippen LogP contribution in [0.2, 0.25) is 0 Å². The Bertz CT molecular complexity index is 969. The van der Waals surface area contributed by atoms with Crippen molar-refractivity contribution in [3.8, 4) is 0 Å². The van der Waals surface area contributed by atoms with E-state index in [4.69, 9.17) is 4.74 Å². The third-order valence-corrected chi connectivity index (χ3v) is 8.15. The molecular weight excluding hydrogens is 438 g/mol. The second kappa shape index (κ2) is 9.30. The van der Waals surface area contributed by atoms with E-state index in [0.29, 0.717) is 51.1 Å². The molecule has 11 nitrogen and oxygen atoms in total. The summed E-state index contributed by atoms with van der Waals surface area (Å²) in [6.45, 7) is 5.14. The van der Waals surface area contributed by atoms with Crippen LogP contribution in [0.25, 0.3) is 0 Å². The minimum absolute atomic E-state index is 0.0182. The molecule has 12 heteroatoms. The number of anilines is 1. The number of benzene rings is 1. The second-order valence-electron chi connectivity index (χ2n) is 8.41. The first-order valence-electron chi connectivity index (χ1n) is 10.9. The minimum Gasteiger partial charge on any atom is -0.379 e. The molecule has 4 rings (SSSR count). The van der Waals surface area contributed by atoms with E-state index in [1.54, 1.807) is 0 Å². The summed E-state index contributed by atoms with van der Waals surface area (Å²) in [5.74, 6) is 0.0182. The molecule has 1 aromatic carbocycles. The highest BCUT2D eigenvalue weighted by molar-refractivity contribution is 7.89. The van der Waals surface area contributed by atoms with Gasteiger partial charge in [-0.2, -0.15) is 4.31 Å². The van der Waals surface area contributed by atoms with E-state index in [2.05, 4.69) is 10.2 Å². The SMILES string of the molecule is CC(C(=O)NC1CC1)N1CCN(c2ccc(S(=O)(=O)N3CCOCC3)cc2[N+](=O)[O-])CC1. The predicted octanol–water partition coefficient (Wildman–Crippen LogP) is 0.405. The number of carbonyl (C=O) groups is 1. The van der Waals surface area contributed by atoms with E-state index >= 15 is 0 Å². The highest BCUT2D eigenvalue weighted by atomic mass is 32.2. The number of hydrogen-bond acceptors (Lipinski definition) is 8. The topological polar surface area (TPSA) is 125 Å². The quantitative estimate of drug-likeness (QED) is 0.451. The Morgan fingerprint density at radius 1 is 1.16 bits per heavy atom. The summed E-state index contributed by atoms with van der Waals surface area (Å²) in [5.41, 5.74) is 0.165. The van der Waals surface area contributed by atoms with Crippen LogP contribution in [0.3, 0.4) is 0 Å². The third-order valence-electron chi connectivity index (χ3n) is 6.26. The molecule has 1 unspecified atom stereocenters. The minimum atomic E-state index is -3.82. The van der Waals surface area contributed by atoms with Crippen LogP contribution in [0, 0.1) is 10.1 Å². The summed E-state index contributed by atoms with van der Waals surface area (Å²) in [4.78, 5) is 27.4. The van der Waals surface area contributed by atoms with E-state index in [1.807, 2.05) is 11.8 Å². The number of rotatable bonds is 7. The van der Waals surface area contributed by atoms with Crippen LogP contribution in [-0.4, -0.2) is 93.0 Å². The molecule has 0 spiro atoms. The van der Waals surface area contributed by atoms with Crippen LogP contribution in [0.1, 0.15) is 19.8 Å². The number of morpholine rings is 1. The molecule has 176 valence electrons. The third kappa shape index (κ3) is 4.87. The predicted molar refractivity (Wildman–Crippen MR) is 117 cm³/mol. The van der Waals surface area contributed by atoms with Gasteiger partial charge in [0.05, 0.1) is 29.1 Å². The van der Waals surface area contributed by atoms with Gasteiger partial charge in [0.2, 0.25) is 15.9 Å². The zero-order chi connectivity index (χ0) is 22.9. The van der Waals surface area contributed by atoms with Crippen molar-refractivity contribution < 1.29 is 22.9 Å². The van der Waals surface area contributed by atoms with Crippen LogP contribution < -0.4 is 10.2 Å². The Balaban J connectivity index is 1.46. The molecule has 2 heterocycles. The molecule has 2 saturated heterocycles. The Morgan fingerprint density at radius 3 is 2.41 bits per heavy atom. The average molecular weight is 468 g/mol. The van der Waals surface area contributed by atoms with Gasteiger partial charge in [0.1, 0.15) is 5.69 Å². The average Bonchev–Trinajstić information content (AvgIpc) is 3.62. The maximum Gasteiger partial charge on any atom is 0.293 e. The molecule has 2 aliphatic heterocycles. The number of nitro groups is 1.